The standard InChI is InChI=1S/C52H75N9O11S/c1-9-31(6)46(58-49(68)41-23-30(5)18-21-59(41)8)51(69)60(10-2)40(29(3)4)27-42(72-32(7)62)50-57-39(28-73-50)48(67)55-35-24-33-14-15-34(25-36(33)37(26-35)52(70)71)54-47(66)38(13-11-12-20-53)56-43(63)19-22-61-44(64)16-17-45(61)65/h14-17,25,28-31,35,37-38,40-42,46H,9-13,18-24,26-27,53H2,1-8H3,(H,54,66)(H,55,67)(H,56,63)(H,58,68)(H,70,71)/t30-,31+,35+,37-,38+,40-,41-,42-,46+/m1/s1. The summed E-state index contributed by atoms with van der Waals surface area (Å²) in [7, 11) is 1.93. The molecule has 3 aliphatic rings. The lowest BCUT2D eigenvalue weighted by atomic mass is 9.79. The zero-order valence-electron chi connectivity index (χ0n) is 43.4. The number of nitrogens with zero attached hydrogens (tertiary/aromatic N) is 4. The van der Waals surface area contributed by atoms with E-state index in [1.165, 1.54) is 6.92 Å². The van der Waals surface area contributed by atoms with Gasteiger partial charge in [0, 0.05) is 68.2 Å². The first-order valence-electron chi connectivity index (χ1n) is 25.6. The number of likely N-dealkylation sites (N-methyl/N-ethyl adjacent to an activating group) is 2. The number of anilines is 1. The van der Waals surface area contributed by atoms with Gasteiger partial charge in [-0.3, -0.25) is 53.0 Å². The molecule has 5 rings (SSSR count). The van der Waals surface area contributed by atoms with Crippen molar-refractivity contribution in [2.24, 2.45) is 23.5 Å². The number of piperidine rings is 1. The van der Waals surface area contributed by atoms with Crippen LogP contribution in [0.1, 0.15) is 145 Å². The van der Waals surface area contributed by atoms with Crippen molar-refractivity contribution in [2.75, 3.05) is 38.5 Å². The molecule has 0 radical (unpaired) electrons. The number of carboxylic acid groups (broad SMARTS) is 1. The molecular weight excluding hydrogens is 959 g/mol. The number of benzene rings is 1. The highest BCUT2D eigenvalue weighted by Gasteiger charge is 2.40. The van der Waals surface area contributed by atoms with Crippen molar-refractivity contribution >= 4 is 70.3 Å². The maximum absolute atomic E-state index is 14.6. The highest BCUT2D eigenvalue weighted by atomic mass is 32.1. The molecule has 1 aliphatic carbocycles. The molecule has 1 aromatic heterocycles. The van der Waals surface area contributed by atoms with Gasteiger partial charge in [-0.2, -0.15) is 0 Å². The fourth-order valence-corrected chi connectivity index (χ4v) is 10.7. The van der Waals surface area contributed by atoms with E-state index in [1.807, 2.05) is 46.6 Å². The minimum Gasteiger partial charge on any atom is -0.481 e. The van der Waals surface area contributed by atoms with E-state index < -0.39 is 77.7 Å². The van der Waals surface area contributed by atoms with Crippen LogP contribution in [0.15, 0.2) is 35.7 Å². The summed E-state index contributed by atoms with van der Waals surface area (Å²) < 4.78 is 5.85. The first-order valence-corrected chi connectivity index (χ1v) is 26.5. The van der Waals surface area contributed by atoms with E-state index >= 15 is 0 Å². The number of unbranched alkanes of at least 4 members (excludes halogenated alkanes) is 1. The number of carboxylic acids is 1. The van der Waals surface area contributed by atoms with Crippen LogP contribution in [-0.4, -0.2) is 142 Å². The first-order chi connectivity index (χ1) is 34.6. The van der Waals surface area contributed by atoms with Gasteiger partial charge in [-0.1, -0.05) is 47.1 Å². The van der Waals surface area contributed by atoms with Gasteiger partial charge in [0.1, 0.15) is 22.8 Å². The van der Waals surface area contributed by atoms with Crippen molar-refractivity contribution < 1.29 is 53.0 Å². The van der Waals surface area contributed by atoms with Crippen LogP contribution in [-0.2, 0) is 49.5 Å². The number of imide groups is 1. The monoisotopic (exact) mass is 1030 g/mol. The Labute approximate surface area is 432 Å². The van der Waals surface area contributed by atoms with E-state index in [2.05, 4.69) is 33.2 Å². The number of nitrogens with two attached hydrogens (primary N) is 1. The normalized spacial score (nSPS) is 20.8. The van der Waals surface area contributed by atoms with Gasteiger partial charge in [-0.15, -0.1) is 11.3 Å². The number of amides is 7. The number of ether oxygens (including phenoxy) is 1. The van der Waals surface area contributed by atoms with Gasteiger partial charge in [0.25, 0.3) is 17.7 Å². The minimum absolute atomic E-state index is 0.0272. The van der Waals surface area contributed by atoms with Gasteiger partial charge in [0.15, 0.2) is 6.10 Å². The van der Waals surface area contributed by atoms with Crippen molar-refractivity contribution in [1.82, 2.24) is 35.6 Å². The maximum Gasteiger partial charge on any atom is 0.311 e. The van der Waals surface area contributed by atoms with Crippen LogP contribution in [0, 0.1) is 17.8 Å². The number of esters is 1. The summed E-state index contributed by atoms with van der Waals surface area (Å²) in [6.45, 7) is 14.5. The Kier molecular flexibility index (Phi) is 21.2. The van der Waals surface area contributed by atoms with Crippen molar-refractivity contribution in [1.29, 1.82) is 0 Å². The van der Waals surface area contributed by atoms with Gasteiger partial charge < -0.3 is 41.7 Å². The Morgan fingerprint density at radius 3 is 2.36 bits per heavy atom. The van der Waals surface area contributed by atoms with E-state index in [0.29, 0.717) is 66.5 Å². The predicted octanol–water partition coefficient (Wildman–Crippen LogP) is 4.05. The molecule has 21 heteroatoms. The van der Waals surface area contributed by atoms with E-state index in [4.69, 9.17) is 10.5 Å². The summed E-state index contributed by atoms with van der Waals surface area (Å²) in [5.74, 6) is -5.74. The number of hydrogen-bond acceptors (Lipinski definition) is 14. The molecule has 0 saturated carbocycles. The third-order valence-electron chi connectivity index (χ3n) is 14.3. The highest BCUT2D eigenvalue weighted by molar-refractivity contribution is 7.09. The number of carbonyl (C=O) groups is 9. The van der Waals surface area contributed by atoms with E-state index in [0.717, 1.165) is 41.4 Å². The lowest BCUT2D eigenvalue weighted by molar-refractivity contribution is -0.150. The molecule has 7 amide bonds. The third-order valence-corrected chi connectivity index (χ3v) is 15.2. The van der Waals surface area contributed by atoms with Crippen LogP contribution >= 0.6 is 11.3 Å². The largest absolute Gasteiger partial charge is 0.481 e. The minimum atomic E-state index is -1.13. The highest BCUT2D eigenvalue weighted by Crippen LogP contribution is 2.36. The summed E-state index contributed by atoms with van der Waals surface area (Å²) in [4.78, 5) is 127. The Balaban J connectivity index is 1.27. The zero-order valence-corrected chi connectivity index (χ0v) is 44.3. The molecule has 7 N–H and O–H groups in total. The Bertz CT molecular complexity index is 2360. The van der Waals surface area contributed by atoms with Crippen LogP contribution in [0.2, 0.25) is 0 Å². The molecule has 20 nitrogen and oxygen atoms in total. The van der Waals surface area contributed by atoms with Gasteiger partial charge in [0.05, 0.1) is 12.0 Å². The quantitative estimate of drug-likeness (QED) is 0.0465. The lowest BCUT2D eigenvalue weighted by Gasteiger charge is -2.40. The number of thiazole rings is 1. The fraction of sp³-hybridized carbons (Fsp3) is 0.615. The number of hydrogen-bond donors (Lipinski definition) is 6. The molecule has 1 aromatic carbocycles. The average molecular weight is 1030 g/mol. The van der Waals surface area contributed by atoms with Gasteiger partial charge in [0.2, 0.25) is 23.6 Å². The maximum atomic E-state index is 14.6. The van der Waals surface area contributed by atoms with Crippen LogP contribution in [0.4, 0.5) is 5.69 Å². The molecule has 3 heterocycles. The molecule has 73 heavy (non-hydrogen) atoms. The number of aromatic nitrogens is 1. The third kappa shape index (κ3) is 15.5. The van der Waals surface area contributed by atoms with E-state index in [-0.39, 0.29) is 74.0 Å². The second kappa shape index (κ2) is 26.8. The van der Waals surface area contributed by atoms with Crippen molar-refractivity contribution in [3.63, 3.8) is 0 Å². The topological polar surface area (TPSA) is 280 Å². The zero-order chi connectivity index (χ0) is 53.7. The van der Waals surface area contributed by atoms with Crippen molar-refractivity contribution in [3.8, 4) is 0 Å². The molecule has 2 aromatic rings. The average Bonchev–Trinajstić information content (AvgIpc) is 3.97. The molecule has 0 unspecified atom stereocenters. The molecule has 0 spiro atoms. The van der Waals surface area contributed by atoms with Gasteiger partial charge >= 0.3 is 11.9 Å². The Hall–Kier alpha value is -6.06. The fourth-order valence-electron chi connectivity index (χ4n) is 9.82. The number of aliphatic carboxylic acids is 1. The summed E-state index contributed by atoms with van der Waals surface area (Å²) in [5.41, 5.74) is 7.12. The Morgan fingerprint density at radius 1 is 1.01 bits per heavy atom. The summed E-state index contributed by atoms with van der Waals surface area (Å²) >= 11 is 1.13. The van der Waals surface area contributed by atoms with E-state index in [1.54, 1.807) is 28.5 Å². The van der Waals surface area contributed by atoms with Crippen LogP contribution < -0.4 is 27.0 Å². The van der Waals surface area contributed by atoms with Crippen LogP contribution in [0.3, 0.4) is 0 Å². The molecular formula is C52H75N9O11S. The first kappa shape index (κ1) is 57.8. The second-order valence-corrected chi connectivity index (χ2v) is 20.9. The molecule has 0 bridgehead atoms. The number of fused-ring (bicyclic) bond motifs is 1. The predicted molar refractivity (Wildman–Crippen MR) is 274 cm³/mol. The number of nitrogens with one attached hydrogen (secondary N) is 4. The Morgan fingerprint density at radius 2 is 1.73 bits per heavy atom. The number of carbonyl (C=O) groups excluding carboxylic acids is 8. The second-order valence-electron chi connectivity index (χ2n) is 20.1. The van der Waals surface area contributed by atoms with Gasteiger partial charge in [-0.25, -0.2) is 4.98 Å². The van der Waals surface area contributed by atoms with E-state index in [9.17, 15) is 48.3 Å². The smallest absolute Gasteiger partial charge is 0.311 e. The molecule has 1 saturated heterocycles. The van der Waals surface area contributed by atoms with Gasteiger partial charge in [-0.05, 0) is 113 Å². The summed E-state index contributed by atoms with van der Waals surface area (Å²) in [5, 5.41) is 23.9. The molecule has 9 atom stereocenters. The SMILES string of the molecule is CC[C@H](C)[C@H](NC(=O)[C@H]1C[C@H](C)CCN1C)C(=O)N(CC)[C@H](C[C@@H](OC(C)=O)c1nc(C(=O)N[C@H]2Cc3ccc(NC(=O)[C@H](CCCCN)NC(=O)CCN4C(=O)C=CC4=O)cc3[C@H](C(=O)O)C2)cs1)C(C)C. The summed E-state index contributed by atoms with van der Waals surface area (Å²) in [6, 6.07) is 1.71. The molecule has 400 valence electrons. The van der Waals surface area contributed by atoms with Crippen LogP contribution in [0.25, 0.3) is 0 Å². The van der Waals surface area contributed by atoms with Crippen molar-refractivity contribution in [3.05, 3.63) is 57.6 Å². The summed E-state index contributed by atoms with van der Waals surface area (Å²) in [6.07, 6.45) is 5.31. The number of rotatable bonds is 25. The molecule has 2 aliphatic heterocycles. The van der Waals surface area contributed by atoms with Crippen LogP contribution in [0.5, 0.6) is 0 Å². The number of likely N-dealkylation sites (tertiary alicyclic amines) is 1. The lowest BCUT2D eigenvalue weighted by Crippen LogP contribution is -2.59. The van der Waals surface area contributed by atoms with Crippen molar-refractivity contribution in [2.45, 2.75) is 155 Å². The molecule has 1 fully saturated rings.